The van der Waals surface area contributed by atoms with Crippen LogP contribution in [-0.2, 0) is 30.3 Å². The highest BCUT2D eigenvalue weighted by Gasteiger charge is 2.51. The maximum absolute atomic E-state index is 13.6. The van der Waals surface area contributed by atoms with Crippen molar-refractivity contribution in [3.63, 3.8) is 0 Å². The number of ketones is 1. The third-order valence-electron chi connectivity index (χ3n) is 8.35. The normalized spacial score (nSPS) is 21.9. The van der Waals surface area contributed by atoms with Gasteiger partial charge in [-0.05, 0) is 61.8 Å². The van der Waals surface area contributed by atoms with Gasteiger partial charge in [-0.25, -0.2) is 0 Å². The molecule has 0 aromatic heterocycles. The van der Waals surface area contributed by atoms with Crippen molar-refractivity contribution < 1.29 is 29.0 Å². The number of aliphatic hydroxyl groups excluding tert-OH is 1. The molecule has 9 heteroatoms. The van der Waals surface area contributed by atoms with E-state index in [0.29, 0.717) is 31.8 Å². The molecule has 1 aliphatic heterocycles. The fourth-order valence-corrected chi connectivity index (χ4v) is 4.89. The molecule has 228 valence electrons. The molecular formula is C32H49N3O6. The van der Waals surface area contributed by atoms with E-state index in [9.17, 15) is 24.3 Å². The van der Waals surface area contributed by atoms with Crippen LogP contribution in [-0.4, -0.2) is 65.0 Å². The number of ether oxygens (including phenoxy) is 1. The predicted molar refractivity (Wildman–Crippen MR) is 157 cm³/mol. The summed E-state index contributed by atoms with van der Waals surface area (Å²) in [4.78, 5) is 53.2. The molecule has 4 N–H and O–H groups in total. The van der Waals surface area contributed by atoms with E-state index in [4.69, 9.17) is 4.74 Å². The van der Waals surface area contributed by atoms with Crippen molar-refractivity contribution in [2.24, 2.45) is 23.7 Å². The van der Waals surface area contributed by atoms with Crippen LogP contribution < -0.4 is 16.0 Å². The number of carbonyl (C=O) groups is 4. The zero-order chi connectivity index (χ0) is 30.3. The average molecular weight is 572 g/mol. The number of aliphatic hydroxyl groups is 1. The van der Waals surface area contributed by atoms with Crippen molar-refractivity contribution in [2.45, 2.75) is 110 Å². The summed E-state index contributed by atoms with van der Waals surface area (Å²) in [6.45, 7) is 11.9. The Balaban J connectivity index is 1.67. The van der Waals surface area contributed by atoms with Gasteiger partial charge in [0.25, 0.3) is 0 Å². The van der Waals surface area contributed by atoms with Gasteiger partial charge in [-0.2, -0.15) is 0 Å². The minimum atomic E-state index is -1.27. The van der Waals surface area contributed by atoms with Crippen LogP contribution in [0.15, 0.2) is 30.3 Å². The molecule has 0 bridgehead atoms. The van der Waals surface area contributed by atoms with Gasteiger partial charge in [0.05, 0.1) is 12.6 Å². The molecular weight excluding hydrogens is 522 g/mol. The molecule has 0 unspecified atom stereocenters. The van der Waals surface area contributed by atoms with E-state index in [1.54, 1.807) is 6.92 Å². The fraction of sp³-hybridized carbons (Fsp3) is 0.688. The molecule has 1 aromatic carbocycles. The van der Waals surface area contributed by atoms with Gasteiger partial charge < -0.3 is 25.8 Å². The summed E-state index contributed by atoms with van der Waals surface area (Å²) in [5.41, 5.74) is 0.125. The van der Waals surface area contributed by atoms with Gasteiger partial charge >= 0.3 is 0 Å². The molecule has 1 saturated heterocycles. The average Bonchev–Trinajstić information content (AvgIpc) is 3.87. The highest BCUT2D eigenvalue weighted by molar-refractivity contribution is 5.98. The molecule has 1 heterocycles. The largest absolute Gasteiger partial charge is 0.383 e. The van der Waals surface area contributed by atoms with Gasteiger partial charge in [0.1, 0.15) is 23.8 Å². The summed E-state index contributed by atoms with van der Waals surface area (Å²) in [6, 6.07) is 7.09. The van der Waals surface area contributed by atoms with Crippen LogP contribution in [0.2, 0.25) is 0 Å². The van der Waals surface area contributed by atoms with E-state index in [2.05, 4.69) is 16.0 Å². The van der Waals surface area contributed by atoms with Crippen molar-refractivity contribution in [3.8, 4) is 0 Å². The number of nitrogens with one attached hydrogen (secondary N) is 3. The summed E-state index contributed by atoms with van der Waals surface area (Å²) >= 11 is 0. The first-order chi connectivity index (χ1) is 19.3. The number of amides is 3. The monoisotopic (exact) mass is 571 g/mol. The summed E-state index contributed by atoms with van der Waals surface area (Å²) < 4.78 is 5.39. The Hall–Kier alpha value is -2.78. The first-order valence-electron chi connectivity index (χ1n) is 15.1. The van der Waals surface area contributed by atoms with E-state index in [0.717, 1.165) is 18.4 Å². The van der Waals surface area contributed by atoms with Gasteiger partial charge in [-0.3, -0.25) is 19.2 Å². The topological polar surface area (TPSA) is 137 Å². The van der Waals surface area contributed by atoms with Crippen molar-refractivity contribution in [3.05, 3.63) is 35.9 Å². The maximum Gasteiger partial charge on any atom is 0.249 e. The highest BCUT2D eigenvalue weighted by atomic mass is 16.6. The van der Waals surface area contributed by atoms with Crippen molar-refractivity contribution >= 4 is 23.5 Å². The van der Waals surface area contributed by atoms with Gasteiger partial charge in [-0.15, -0.1) is 0 Å². The minimum absolute atomic E-state index is 0.0800. The van der Waals surface area contributed by atoms with Gasteiger partial charge in [0.15, 0.2) is 5.78 Å². The van der Waals surface area contributed by atoms with E-state index < -0.39 is 47.6 Å². The first kappa shape index (κ1) is 32.7. The number of hydrogen-bond donors (Lipinski definition) is 4. The number of Topliss-reactive ketones (excluding diaryl/α,β-unsaturated/α-hetero) is 1. The lowest BCUT2D eigenvalue weighted by atomic mass is 9.84. The number of epoxide rings is 1. The lowest BCUT2D eigenvalue weighted by Crippen LogP contribution is -2.58. The second-order valence-electron chi connectivity index (χ2n) is 12.9. The molecule has 2 fully saturated rings. The van der Waals surface area contributed by atoms with Crippen molar-refractivity contribution in [1.29, 1.82) is 0 Å². The summed E-state index contributed by atoms with van der Waals surface area (Å²) in [5.74, 6) is -1.23. The molecule has 1 saturated carbocycles. The number of benzene rings is 1. The zero-order valence-electron chi connectivity index (χ0n) is 25.4. The number of rotatable bonds is 17. The van der Waals surface area contributed by atoms with Crippen molar-refractivity contribution in [2.75, 3.05) is 6.61 Å². The summed E-state index contributed by atoms with van der Waals surface area (Å²) in [5, 5.41) is 19.0. The first-order valence-corrected chi connectivity index (χ1v) is 15.1. The van der Waals surface area contributed by atoms with E-state index >= 15 is 0 Å². The third kappa shape index (κ3) is 9.92. The Labute approximate surface area is 244 Å². The number of hydrogen-bond acceptors (Lipinski definition) is 6. The molecule has 2 aliphatic rings. The van der Waals surface area contributed by atoms with Crippen LogP contribution in [0.25, 0.3) is 0 Å². The van der Waals surface area contributed by atoms with Crippen LogP contribution in [0.5, 0.6) is 0 Å². The standard InChI is InChI=1S/C32H49N3O6/c1-19(2)16-24(34-31(40)26(36)15-14-22-10-8-7-9-11-22)29(38)33-25(17-23-12-13-23)30(39)35-27(21(5)20(3)4)28(37)32(6)18-41-32/h7-11,19-21,23-27,36H,12-18H2,1-6H3,(H,33,38)(H,34,40)(H,35,39)/t21-,24-,25-,26-,27-,32+/m0/s1. The Morgan fingerprint density at radius 3 is 2.05 bits per heavy atom. The van der Waals surface area contributed by atoms with E-state index in [-0.39, 0.29) is 30.0 Å². The molecule has 3 amide bonds. The molecule has 3 rings (SSSR count). The third-order valence-corrected chi connectivity index (χ3v) is 8.35. The molecule has 1 aromatic rings. The SMILES string of the molecule is CC(C)C[C@H](NC(=O)[C@@H](O)CCc1ccccc1)C(=O)N[C@@H](CC1CC1)C(=O)N[C@H](C(=O)[C@@]1(C)CO1)[C@@H](C)C(C)C. The lowest BCUT2D eigenvalue weighted by Gasteiger charge is -2.30. The Kier molecular flexibility index (Phi) is 11.5. The molecule has 0 radical (unpaired) electrons. The molecule has 0 spiro atoms. The van der Waals surface area contributed by atoms with E-state index in [1.165, 1.54) is 0 Å². The maximum atomic E-state index is 13.6. The molecule has 6 atom stereocenters. The summed E-state index contributed by atoms with van der Waals surface area (Å²) in [6.07, 6.45) is 2.26. The second kappa shape index (κ2) is 14.4. The molecule has 1 aliphatic carbocycles. The second-order valence-corrected chi connectivity index (χ2v) is 12.9. The van der Waals surface area contributed by atoms with Crippen LogP contribution in [0, 0.1) is 23.7 Å². The Morgan fingerprint density at radius 1 is 0.927 bits per heavy atom. The van der Waals surface area contributed by atoms with E-state index in [1.807, 2.05) is 65.0 Å². The van der Waals surface area contributed by atoms with Gasteiger partial charge in [-0.1, -0.05) is 77.8 Å². The zero-order valence-corrected chi connectivity index (χ0v) is 25.4. The fourth-order valence-electron chi connectivity index (χ4n) is 4.89. The summed E-state index contributed by atoms with van der Waals surface area (Å²) in [7, 11) is 0. The van der Waals surface area contributed by atoms with Crippen LogP contribution >= 0.6 is 0 Å². The number of aryl methyl sites for hydroxylation is 1. The quantitative estimate of drug-likeness (QED) is 0.212. The highest BCUT2D eigenvalue weighted by Crippen LogP contribution is 2.34. The lowest BCUT2D eigenvalue weighted by molar-refractivity contribution is -0.137. The van der Waals surface area contributed by atoms with Crippen LogP contribution in [0.3, 0.4) is 0 Å². The molecule has 9 nitrogen and oxygen atoms in total. The van der Waals surface area contributed by atoms with Gasteiger partial charge in [0, 0.05) is 0 Å². The smallest absolute Gasteiger partial charge is 0.249 e. The van der Waals surface area contributed by atoms with Crippen LogP contribution in [0.1, 0.15) is 79.2 Å². The van der Waals surface area contributed by atoms with Crippen molar-refractivity contribution in [1.82, 2.24) is 16.0 Å². The Bertz CT molecular complexity index is 1050. The number of carbonyl (C=O) groups excluding carboxylic acids is 4. The Morgan fingerprint density at radius 2 is 1.51 bits per heavy atom. The minimum Gasteiger partial charge on any atom is -0.383 e. The molecule has 41 heavy (non-hydrogen) atoms. The van der Waals surface area contributed by atoms with Gasteiger partial charge in [0.2, 0.25) is 17.7 Å². The predicted octanol–water partition coefficient (Wildman–Crippen LogP) is 2.93. The van der Waals surface area contributed by atoms with Crippen LogP contribution in [0.4, 0.5) is 0 Å².